The number of hydrogen-bond acceptors (Lipinski definition) is 3. The summed E-state index contributed by atoms with van der Waals surface area (Å²) in [5.74, 6) is 0.755. The number of aromatic nitrogens is 4. The van der Waals surface area contributed by atoms with Gasteiger partial charge in [-0.3, -0.25) is 0 Å². The van der Waals surface area contributed by atoms with Crippen LogP contribution in [-0.2, 0) is 6.42 Å². The van der Waals surface area contributed by atoms with E-state index in [9.17, 15) is 0 Å². The van der Waals surface area contributed by atoms with Crippen molar-refractivity contribution in [2.75, 3.05) is 0 Å². The van der Waals surface area contributed by atoms with Gasteiger partial charge in [-0.15, -0.1) is 0 Å². The standard InChI is InChI=1S/C15H13ClN4/c16-14-6-12(17-9-18-14)5-13-8-20-7-11(10-1-2-10)3-4-15(20)19-13/h3-4,6-10H,1-2,5H2. The Hall–Kier alpha value is -1.94. The topological polar surface area (TPSA) is 43.1 Å². The molecule has 1 aliphatic carbocycles. The van der Waals surface area contributed by atoms with Crippen LogP contribution in [0.25, 0.3) is 5.65 Å². The first-order chi connectivity index (χ1) is 9.78. The Kier molecular flexibility index (Phi) is 2.70. The molecule has 4 rings (SSSR count). The molecule has 100 valence electrons. The molecule has 3 heterocycles. The van der Waals surface area contributed by atoms with Crippen molar-refractivity contribution in [3.05, 3.63) is 59.0 Å². The third kappa shape index (κ3) is 2.27. The Morgan fingerprint density at radius 3 is 2.85 bits per heavy atom. The number of hydrogen-bond donors (Lipinski definition) is 0. The van der Waals surface area contributed by atoms with Crippen LogP contribution in [0.2, 0.25) is 5.15 Å². The average Bonchev–Trinajstić information content (AvgIpc) is 3.19. The summed E-state index contributed by atoms with van der Waals surface area (Å²) in [5, 5.41) is 0.467. The van der Waals surface area contributed by atoms with Gasteiger partial charge in [-0.05, 0) is 36.5 Å². The summed E-state index contributed by atoms with van der Waals surface area (Å²) < 4.78 is 2.10. The van der Waals surface area contributed by atoms with E-state index in [4.69, 9.17) is 11.6 Å². The van der Waals surface area contributed by atoms with Crippen molar-refractivity contribution in [2.24, 2.45) is 0 Å². The molecule has 0 atom stereocenters. The molecule has 0 bridgehead atoms. The van der Waals surface area contributed by atoms with E-state index >= 15 is 0 Å². The fourth-order valence-electron chi connectivity index (χ4n) is 2.46. The Morgan fingerprint density at radius 2 is 2.05 bits per heavy atom. The van der Waals surface area contributed by atoms with E-state index in [1.165, 1.54) is 24.7 Å². The number of halogens is 1. The molecule has 4 nitrogen and oxygen atoms in total. The fraction of sp³-hybridized carbons (Fsp3) is 0.267. The first kappa shape index (κ1) is 11.9. The second-order valence-electron chi connectivity index (χ2n) is 5.24. The minimum absolute atomic E-state index is 0.467. The first-order valence-corrected chi connectivity index (χ1v) is 7.10. The van der Waals surface area contributed by atoms with Crippen molar-refractivity contribution < 1.29 is 0 Å². The van der Waals surface area contributed by atoms with Gasteiger partial charge in [0.15, 0.2) is 0 Å². The largest absolute Gasteiger partial charge is 0.307 e. The summed E-state index contributed by atoms with van der Waals surface area (Å²) in [6.45, 7) is 0. The maximum Gasteiger partial charge on any atom is 0.137 e. The highest BCUT2D eigenvalue weighted by Gasteiger charge is 2.23. The molecule has 1 aliphatic rings. The second-order valence-corrected chi connectivity index (χ2v) is 5.63. The zero-order chi connectivity index (χ0) is 13.5. The summed E-state index contributed by atoms with van der Waals surface area (Å²) in [4.78, 5) is 12.7. The second kappa shape index (κ2) is 4.56. The molecule has 3 aromatic rings. The molecule has 0 radical (unpaired) electrons. The van der Waals surface area contributed by atoms with Gasteiger partial charge in [-0.25, -0.2) is 15.0 Å². The lowest BCUT2D eigenvalue weighted by Crippen LogP contribution is -1.93. The van der Waals surface area contributed by atoms with Crippen molar-refractivity contribution in [3.8, 4) is 0 Å². The third-order valence-corrected chi connectivity index (χ3v) is 3.83. The van der Waals surface area contributed by atoms with E-state index in [0.29, 0.717) is 11.6 Å². The van der Waals surface area contributed by atoms with Gasteiger partial charge in [0.1, 0.15) is 17.1 Å². The lowest BCUT2D eigenvalue weighted by molar-refractivity contribution is 0.999. The molecule has 1 fully saturated rings. The van der Waals surface area contributed by atoms with Gasteiger partial charge in [-0.2, -0.15) is 0 Å². The zero-order valence-corrected chi connectivity index (χ0v) is 11.6. The molecule has 1 saturated carbocycles. The number of rotatable bonds is 3. The summed E-state index contributed by atoms with van der Waals surface area (Å²) in [7, 11) is 0. The monoisotopic (exact) mass is 284 g/mol. The number of nitrogens with zero attached hydrogens (tertiary/aromatic N) is 4. The van der Waals surface area contributed by atoms with E-state index in [-0.39, 0.29) is 0 Å². The zero-order valence-electron chi connectivity index (χ0n) is 10.8. The highest BCUT2D eigenvalue weighted by molar-refractivity contribution is 6.29. The molecule has 3 aromatic heterocycles. The molecular formula is C15H13ClN4. The maximum atomic E-state index is 5.88. The molecule has 0 aromatic carbocycles. The first-order valence-electron chi connectivity index (χ1n) is 6.72. The van der Waals surface area contributed by atoms with Crippen molar-refractivity contribution in [1.29, 1.82) is 0 Å². The van der Waals surface area contributed by atoms with Gasteiger partial charge in [0.05, 0.1) is 11.4 Å². The van der Waals surface area contributed by atoms with Crippen LogP contribution in [-0.4, -0.2) is 19.4 Å². The Bertz CT molecular complexity index is 776. The molecule has 5 heteroatoms. The van der Waals surface area contributed by atoms with Crippen molar-refractivity contribution in [2.45, 2.75) is 25.2 Å². The molecule has 0 N–H and O–H groups in total. The predicted octanol–water partition coefficient (Wildman–Crippen LogP) is 3.25. The van der Waals surface area contributed by atoms with Crippen LogP contribution in [0.3, 0.4) is 0 Å². The van der Waals surface area contributed by atoms with Gasteiger partial charge in [0.25, 0.3) is 0 Å². The summed E-state index contributed by atoms with van der Waals surface area (Å²) >= 11 is 5.88. The molecule has 0 unspecified atom stereocenters. The van der Waals surface area contributed by atoms with Crippen LogP contribution >= 0.6 is 11.6 Å². The van der Waals surface area contributed by atoms with Crippen molar-refractivity contribution in [1.82, 2.24) is 19.4 Å². The number of imidazole rings is 1. The minimum atomic E-state index is 0.467. The number of pyridine rings is 1. The summed E-state index contributed by atoms with van der Waals surface area (Å²) in [5.41, 5.74) is 4.26. The van der Waals surface area contributed by atoms with E-state index in [1.54, 1.807) is 6.07 Å². The van der Waals surface area contributed by atoms with E-state index in [2.05, 4.69) is 43.9 Å². The van der Waals surface area contributed by atoms with Crippen molar-refractivity contribution >= 4 is 17.2 Å². The maximum absolute atomic E-state index is 5.88. The average molecular weight is 285 g/mol. The highest BCUT2D eigenvalue weighted by Crippen LogP contribution is 2.39. The SMILES string of the molecule is Clc1cc(Cc2cn3cc(C4CC4)ccc3n2)ncn1. The summed E-state index contributed by atoms with van der Waals surface area (Å²) in [6, 6.07) is 6.05. The summed E-state index contributed by atoms with van der Waals surface area (Å²) in [6.07, 6.45) is 9.04. The van der Waals surface area contributed by atoms with Gasteiger partial charge < -0.3 is 4.40 Å². The lowest BCUT2D eigenvalue weighted by atomic mass is 10.2. The highest BCUT2D eigenvalue weighted by atomic mass is 35.5. The third-order valence-electron chi connectivity index (χ3n) is 3.63. The van der Waals surface area contributed by atoms with Crippen LogP contribution in [0.5, 0.6) is 0 Å². The molecular weight excluding hydrogens is 272 g/mol. The van der Waals surface area contributed by atoms with Crippen LogP contribution in [0.4, 0.5) is 0 Å². The Balaban J connectivity index is 1.66. The molecule has 0 aliphatic heterocycles. The van der Waals surface area contributed by atoms with Crippen LogP contribution in [0.1, 0.15) is 35.7 Å². The number of fused-ring (bicyclic) bond motifs is 1. The smallest absolute Gasteiger partial charge is 0.137 e. The molecule has 0 amide bonds. The van der Waals surface area contributed by atoms with E-state index in [0.717, 1.165) is 23.0 Å². The fourth-order valence-corrected chi connectivity index (χ4v) is 2.63. The van der Waals surface area contributed by atoms with Gasteiger partial charge in [0, 0.05) is 18.8 Å². The lowest BCUT2D eigenvalue weighted by Gasteiger charge is -1.98. The normalized spacial score (nSPS) is 14.8. The molecule has 0 spiro atoms. The van der Waals surface area contributed by atoms with Gasteiger partial charge >= 0.3 is 0 Å². The minimum Gasteiger partial charge on any atom is -0.307 e. The van der Waals surface area contributed by atoms with E-state index < -0.39 is 0 Å². The van der Waals surface area contributed by atoms with Crippen LogP contribution < -0.4 is 0 Å². The Morgan fingerprint density at radius 1 is 1.15 bits per heavy atom. The quantitative estimate of drug-likeness (QED) is 0.694. The predicted molar refractivity (Wildman–Crippen MR) is 77.0 cm³/mol. The van der Waals surface area contributed by atoms with Crippen LogP contribution in [0.15, 0.2) is 36.9 Å². The molecule has 0 saturated heterocycles. The molecule has 20 heavy (non-hydrogen) atoms. The Labute approximate surface area is 121 Å². The van der Waals surface area contributed by atoms with E-state index in [1.807, 2.05) is 0 Å². The van der Waals surface area contributed by atoms with Crippen molar-refractivity contribution in [3.63, 3.8) is 0 Å². The van der Waals surface area contributed by atoms with Crippen LogP contribution in [0, 0.1) is 0 Å². The van der Waals surface area contributed by atoms with Gasteiger partial charge in [0.2, 0.25) is 0 Å². The van der Waals surface area contributed by atoms with Gasteiger partial charge in [-0.1, -0.05) is 17.7 Å².